The lowest BCUT2D eigenvalue weighted by atomic mass is 10.0. The van der Waals surface area contributed by atoms with E-state index in [-0.39, 0.29) is 6.04 Å². The smallest absolute Gasteiger partial charge is 0.159 e. The number of halogens is 2. The summed E-state index contributed by atoms with van der Waals surface area (Å²) < 4.78 is 28.1. The average molecular weight is 249 g/mol. The van der Waals surface area contributed by atoms with Gasteiger partial charge in [0.1, 0.15) is 5.82 Å². The molecule has 0 radical (unpaired) electrons. The molecule has 1 aliphatic rings. The second kappa shape index (κ2) is 4.08. The number of anilines is 1. The Morgan fingerprint density at radius 2 is 2.17 bits per heavy atom. The topological polar surface area (TPSA) is 29.9 Å². The minimum absolute atomic E-state index is 0.0370. The molecule has 1 N–H and O–H groups in total. The van der Waals surface area contributed by atoms with Crippen LogP contribution in [0.3, 0.4) is 0 Å². The minimum atomic E-state index is -0.815. The van der Waals surface area contributed by atoms with Crippen molar-refractivity contribution < 1.29 is 8.78 Å². The molecule has 1 aromatic carbocycles. The van der Waals surface area contributed by atoms with Crippen LogP contribution in [0.25, 0.3) is 0 Å². The van der Waals surface area contributed by atoms with E-state index >= 15 is 0 Å². The molecule has 2 heterocycles. The predicted molar refractivity (Wildman–Crippen MR) is 64.6 cm³/mol. The van der Waals surface area contributed by atoms with Crippen LogP contribution in [0.2, 0.25) is 0 Å². The highest BCUT2D eigenvalue weighted by Gasteiger charge is 2.23. The molecule has 18 heavy (non-hydrogen) atoms. The van der Waals surface area contributed by atoms with E-state index in [0.717, 1.165) is 29.9 Å². The molecule has 1 aromatic heterocycles. The van der Waals surface area contributed by atoms with Crippen LogP contribution in [0.1, 0.15) is 23.6 Å². The fourth-order valence-corrected chi connectivity index (χ4v) is 2.38. The average Bonchev–Trinajstić information content (AvgIpc) is 2.75. The second-order valence-electron chi connectivity index (χ2n) is 4.53. The molecule has 3 nitrogen and oxygen atoms in total. The molecular formula is C13H13F2N3. The summed E-state index contributed by atoms with van der Waals surface area (Å²) in [5, 5.41) is 7.57. The number of aromatic nitrogens is 2. The Morgan fingerprint density at radius 3 is 2.94 bits per heavy atom. The molecule has 0 fully saturated rings. The number of rotatable bonds is 1. The first-order valence-corrected chi connectivity index (χ1v) is 5.90. The lowest BCUT2D eigenvalue weighted by molar-refractivity contribution is 0.469. The Kier molecular flexibility index (Phi) is 2.54. The zero-order chi connectivity index (χ0) is 12.7. The van der Waals surface area contributed by atoms with Crippen molar-refractivity contribution in [1.29, 1.82) is 0 Å². The molecule has 94 valence electrons. The van der Waals surface area contributed by atoms with Crippen LogP contribution in [-0.4, -0.2) is 16.3 Å². The third-order valence-corrected chi connectivity index (χ3v) is 3.31. The van der Waals surface area contributed by atoms with Crippen molar-refractivity contribution in [3.05, 3.63) is 47.2 Å². The Balaban J connectivity index is 2.05. The highest BCUT2D eigenvalue weighted by molar-refractivity contribution is 5.46. The Labute approximate surface area is 103 Å². The van der Waals surface area contributed by atoms with Gasteiger partial charge in [-0.1, -0.05) is 6.07 Å². The fraction of sp³-hybridized carbons (Fsp3) is 0.308. The number of benzene rings is 1. The SMILES string of the molecule is Cc1cnn2c1NCCC2c1ccc(F)c(F)c1. The molecule has 0 spiro atoms. The third-order valence-electron chi connectivity index (χ3n) is 3.31. The number of hydrogen-bond acceptors (Lipinski definition) is 2. The highest BCUT2D eigenvalue weighted by atomic mass is 19.2. The first kappa shape index (κ1) is 11.2. The summed E-state index contributed by atoms with van der Waals surface area (Å²) in [6.07, 6.45) is 2.58. The van der Waals surface area contributed by atoms with Crippen LogP contribution < -0.4 is 5.32 Å². The van der Waals surface area contributed by atoms with E-state index in [4.69, 9.17) is 0 Å². The van der Waals surface area contributed by atoms with Crippen LogP contribution in [0, 0.1) is 18.6 Å². The normalized spacial score (nSPS) is 18.3. The van der Waals surface area contributed by atoms with E-state index in [0.29, 0.717) is 0 Å². The van der Waals surface area contributed by atoms with Gasteiger partial charge >= 0.3 is 0 Å². The third kappa shape index (κ3) is 1.66. The molecule has 0 saturated heterocycles. The van der Waals surface area contributed by atoms with Gasteiger partial charge in [0.25, 0.3) is 0 Å². The molecule has 0 saturated carbocycles. The van der Waals surface area contributed by atoms with Crippen molar-refractivity contribution in [3.8, 4) is 0 Å². The lowest BCUT2D eigenvalue weighted by Crippen LogP contribution is -2.24. The zero-order valence-electron chi connectivity index (χ0n) is 9.95. The minimum Gasteiger partial charge on any atom is -0.370 e. The van der Waals surface area contributed by atoms with E-state index in [9.17, 15) is 8.78 Å². The largest absolute Gasteiger partial charge is 0.370 e. The molecule has 3 rings (SSSR count). The van der Waals surface area contributed by atoms with Crippen LogP contribution in [0.4, 0.5) is 14.6 Å². The summed E-state index contributed by atoms with van der Waals surface area (Å²) in [4.78, 5) is 0. The van der Waals surface area contributed by atoms with Crippen LogP contribution in [-0.2, 0) is 0 Å². The van der Waals surface area contributed by atoms with Crippen molar-refractivity contribution in [1.82, 2.24) is 9.78 Å². The first-order valence-electron chi connectivity index (χ1n) is 5.90. The van der Waals surface area contributed by atoms with E-state index < -0.39 is 11.6 Å². The summed E-state index contributed by atoms with van der Waals surface area (Å²) in [6.45, 7) is 2.77. The quantitative estimate of drug-likeness (QED) is 0.842. The standard InChI is InChI=1S/C13H13F2N3/c1-8-7-17-18-12(4-5-16-13(8)18)9-2-3-10(14)11(15)6-9/h2-3,6-7,12,16H,4-5H2,1H3. The molecule has 5 heteroatoms. The monoisotopic (exact) mass is 249 g/mol. The summed E-state index contributed by atoms with van der Waals surface area (Å²) in [6, 6.07) is 4.01. The van der Waals surface area contributed by atoms with Gasteiger partial charge in [0.15, 0.2) is 11.6 Å². The molecular weight excluding hydrogens is 236 g/mol. The Morgan fingerprint density at radius 1 is 1.33 bits per heavy atom. The van der Waals surface area contributed by atoms with E-state index in [2.05, 4.69) is 10.4 Å². The summed E-state index contributed by atoms with van der Waals surface area (Å²) >= 11 is 0. The molecule has 1 atom stereocenters. The molecule has 0 bridgehead atoms. The van der Waals surface area contributed by atoms with Gasteiger partial charge in [0.2, 0.25) is 0 Å². The van der Waals surface area contributed by atoms with Gasteiger partial charge in [-0.2, -0.15) is 5.10 Å². The lowest BCUT2D eigenvalue weighted by Gasteiger charge is -2.26. The van der Waals surface area contributed by atoms with Crippen molar-refractivity contribution in [2.45, 2.75) is 19.4 Å². The molecule has 0 amide bonds. The van der Waals surface area contributed by atoms with Crippen molar-refractivity contribution >= 4 is 5.82 Å². The van der Waals surface area contributed by atoms with Gasteiger partial charge in [0, 0.05) is 12.1 Å². The second-order valence-corrected chi connectivity index (χ2v) is 4.53. The van der Waals surface area contributed by atoms with Gasteiger partial charge in [-0.3, -0.25) is 0 Å². The van der Waals surface area contributed by atoms with Gasteiger partial charge in [-0.15, -0.1) is 0 Å². The molecule has 1 unspecified atom stereocenters. The molecule has 1 aliphatic heterocycles. The summed E-state index contributed by atoms with van der Waals surface area (Å²) in [5.74, 6) is -0.669. The van der Waals surface area contributed by atoms with Crippen molar-refractivity contribution in [2.24, 2.45) is 0 Å². The maximum absolute atomic E-state index is 13.3. The Hall–Kier alpha value is -1.91. The number of nitrogens with one attached hydrogen (secondary N) is 1. The van der Waals surface area contributed by atoms with E-state index in [1.54, 1.807) is 12.3 Å². The van der Waals surface area contributed by atoms with Gasteiger partial charge in [-0.25, -0.2) is 13.5 Å². The zero-order valence-corrected chi connectivity index (χ0v) is 9.95. The first-order chi connectivity index (χ1) is 8.66. The van der Waals surface area contributed by atoms with Gasteiger partial charge < -0.3 is 5.32 Å². The van der Waals surface area contributed by atoms with Crippen LogP contribution in [0.5, 0.6) is 0 Å². The van der Waals surface area contributed by atoms with E-state index in [1.807, 2.05) is 11.6 Å². The number of aryl methyl sites for hydroxylation is 1. The molecule has 2 aromatic rings. The van der Waals surface area contributed by atoms with E-state index in [1.165, 1.54) is 12.1 Å². The number of fused-ring (bicyclic) bond motifs is 1. The maximum atomic E-state index is 13.3. The Bertz CT molecular complexity index is 592. The highest BCUT2D eigenvalue weighted by Crippen LogP contribution is 2.31. The number of nitrogens with zero attached hydrogens (tertiary/aromatic N) is 2. The number of hydrogen-bond donors (Lipinski definition) is 1. The van der Waals surface area contributed by atoms with Gasteiger partial charge in [-0.05, 0) is 31.0 Å². The van der Waals surface area contributed by atoms with Crippen molar-refractivity contribution in [3.63, 3.8) is 0 Å². The summed E-state index contributed by atoms with van der Waals surface area (Å²) in [5.41, 5.74) is 1.81. The van der Waals surface area contributed by atoms with Crippen LogP contribution >= 0.6 is 0 Å². The predicted octanol–water partition coefficient (Wildman–Crippen LogP) is 2.87. The van der Waals surface area contributed by atoms with Crippen LogP contribution in [0.15, 0.2) is 24.4 Å². The summed E-state index contributed by atoms with van der Waals surface area (Å²) in [7, 11) is 0. The van der Waals surface area contributed by atoms with Crippen molar-refractivity contribution in [2.75, 3.05) is 11.9 Å². The molecule has 0 aliphatic carbocycles. The van der Waals surface area contributed by atoms with Gasteiger partial charge in [0.05, 0.1) is 12.2 Å². The fourth-order valence-electron chi connectivity index (χ4n) is 2.38. The maximum Gasteiger partial charge on any atom is 0.159 e.